The Morgan fingerprint density at radius 1 is 1.00 bits per heavy atom. The quantitative estimate of drug-likeness (QED) is 0.771. The first-order valence-corrected chi connectivity index (χ1v) is 9.63. The van der Waals surface area contributed by atoms with Crippen molar-refractivity contribution < 1.29 is 4.39 Å². The summed E-state index contributed by atoms with van der Waals surface area (Å²) in [6.07, 6.45) is 7.79. The minimum atomic E-state index is -0.0648. The van der Waals surface area contributed by atoms with Crippen molar-refractivity contribution in [3.63, 3.8) is 0 Å². The number of piperidine rings is 1. The minimum Gasteiger partial charge on any atom is -0.369 e. The van der Waals surface area contributed by atoms with Crippen molar-refractivity contribution in [2.24, 2.45) is 0 Å². The van der Waals surface area contributed by atoms with Gasteiger partial charge in [-0.25, -0.2) is 4.39 Å². The van der Waals surface area contributed by atoms with Crippen molar-refractivity contribution in [1.29, 1.82) is 0 Å². The second kappa shape index (κ2) is 7.03. The van der Waals surface area contributed by atoms with Gasteiger partial charge in [-0.05, 0) is 55.8 Å². The van der Waals surface area contributed by atoms with Crippen LogP contribution in [-0.2, 0) is 5.41 Å². The molecule has 24 heavy (non-hydrogen) atoms. The van der Waals surface area contributed by atoms with Crippen molar-refractivity contribution in [3.05, 3.63) is 29.6 Å². The molecule has 1 heterocycles. The van der Waals surface area contributed by atoms with Gasteiger partial charge in [-0.15, -0.1) is 0 Å². The van der Waals surface area contributed by atoms with Gasteiger partial charge in [0.1, 0.15) is 5.82 Å². The number of hydrogen-bond acceptors (Lipinski definition) is 2. The number of rotatable bonds is 3. The monoisotopic (exact) mass is 332 g/mol. The Balaban J connectivity index is 1.62. The third kappa shape index (κ3) is 3.77. The van der Waals surface area contributed by atoms with Crippen LogP contribution in [-0.4, -0.2) is 37.1 Å². The van der Waals surface area contributed by atoms with Crippen molar-refractivity contribution in [1.82, 2.24) is 4.90 Å². The Morgan fingerprint density at radius 3 is 2.12 bits per heavy atom. The second-order valence-corrected chi connectivity index (χ2v) is 8.74. The second-order valence-electron chi connectivity index (χ2n) is 8.74. The Bertz CT molecular complexity index is 549. The number of hydrogen-bond donors (Lipinski definition) is 0. The van der Waals surface area contributed by atoms with E-state index in [1.807, 2.05) is 6.07 Å². The van der Waals surface area contributed by atoms with Crippen LogP contribution in [0.15, 0.2) is 18.2 Å². The molecular formula is C21H33FN2. The van der Waals surface area contributed by atoms with Crippen LogP contribution in [0.1, 0.15) is 64.9 Å². The largest absolute Gasteiger partial charge is 0.369 e. The lowest BCUT2D eigenvalue weighted by molar-refractivity contribution is 0.150. The first-order chi connectivity index (χ1) is 11.4. The number of anilines is 1. The van der Waals surface area contributed by atoms with Gasteiger partial charge in [0.05, 0.1) is 5.69 Å². The Morgan fingerprint density at radius 2 is 1.58 bits per heavy atom. The highest BCUT2D eigenvalue weighted by molar-refractivity contribution is 5.50. The van der Waals surface area contributed by atoms with Gasteiger partial charge in [0.15, 0.2) is 0 Å². The summed E-state index contributed by atoms with van der Waals surface area (Å²) in [4.78, 5) is 4.85. The summed E-state index contributed by atoms with van der Waals surface area (Å²) in [7, 11) is 2.30. The molecule has 0 atom stereocenters. The fourth-order valence-electron chi connectivity index (χ4n) is 4.35. The predicted molar refractivity (Wildman–Crippen MR) is 100 cm³/mol. The summed E-state index contributed by atoms with van der Waals surface area (Å²) in [6, 6.07) is 7.25. The van der Waals surface area contributed by atoms with Crippen molar-refractivity contribution in [3.8, 4) is 0 Å². The zero-order chi connectivity index (χ0) is 17.3. The molecule has 1 aliphatic heterocycles. The van der Waals surface area contributed by atoms with Gasteiger partial charge >= 0.3 is 0 Å². The highest BCUT2D eigenvalue weighted by Crippen LogP contribution is 2.31. The maximum atomic E-state index is 14.6. The molecule has 0 aromatic heterocycles. The molecule has 0 amide bonds. The zero-order valence-corrected chi connectivity index (χ0v) is 15.8. The van der Waals surface area contributed by atoms with E-state index < -0.39 is 0 Å². The molecule has 3 rings (SSSR count). The van der Waals surface area contributed by atoms with Gasteiger partial charge in [-0.1, -0.05) is 39.7 Å². The Kier molecular flexibility index (Phi) is 5.19. The van der Waals surface area contributed by atoms with E-state index in [0.717, 1.165) is 43.2 Å². The van der Waals surface area contributed by atoms with Crippen molar-refractivity contribution in [2.75, 3.05) is 25.0 Å². The molecular weight excluding hydrogens is 299 g/mol. The summed E-state index contributed by atoms with van der Waals surface area (Å²) in [6.45, 7) is 8.32. The van der Waals surface area contributed by atoms with Crippen molar-refractivity contribution in [2.45, 2.75) is 76.8 Å². The summed E-state index contributed by atoms with van der Waals surface area (Å²) in [5.74, 6) is -0.0648. The lowest BCUT2D eigenvalue weighted by Crippen LogP contribution is -2.46. The van der Waals surface area contributed by atoms with E-state index in [-0.39, 0.29) is 11.2 Å². The molecule has 1 aromatic rings. The number of benzene rings is 1. The first kappa shape index (κ1) is 17.7. The van der Waals surface area contributed by atoms with Gasteiger partial charge in [-0.2, -0.15) is 0 Å². The van der Waals surface area contributed by atoms with E-state index in [2.05, 4.69) is 43.7 Å². The van der Waals surface area contributed by atoms with E-state index in [1.165, 1.54) is 25.7 Å². The Hall–Kier alpha value is -1.09. The molecule has 2 aliphatic rings. The Labute approximate surface area is 147 Å². The third-order valence-electron chi connectivity index (χ3n) is 6.10. The molecule has 0 radical (unpaired) electrons. The molecule has 0 bridgehead atoms. The lowest BCUT2D eigenvalue weighted by atomic mass is 9.87. The predicted octanol–water partition coefficient (Wildman–Crippen LogP) is 4.97. The van der Waals surface area contributed by atoms with Crippen LogP contribution in [0.2, 0.25) is 0 Å². The molecule has 134 valence electrons. The van der Waals surface area contributed by atoms with Gasteiger partial charge in [0.2, 0.25) is 0 Å². The van der Waals surface area contributed by atoms with Crippen LogP contribution in [0, 0.1) is 5.82 Å². The normalized spacial score (nSPS) is 21.0. The fourth-order valence-corrected chi connectivity index (χ4v) is 4.35. The number of halogens is 1. The summed E-state index contributed by atoms with van der Waals surface area (Å²) >= 11 is 0. The average molecular weight is 333 g/mol. The first-order valence-electron chi connectivity index (χ1n) is 9.63. The molecule has 0 unspecified atom stereocenters. The number of nitrogens with zero attached hydrogens (tertiary/aromatic N) is 2. The minimum absolute atomic E-state index is 0.00361. The summed E-state index contributed by atoms with van der Waals surface area (Å²) in [5, 5.41) is 0. The summed E-state index contributed by atoms with van der Waals surface area (Å²) < 4.78 is 14.6. The van der Waals surface area contributed by atoms with Crippen molar-refractivity contribution >= 4 is 5.69 Å². The topological polar surface area (TPSA) is 6.48 Å². The molecule has 1 aliphatic carbocycles. The maximum absolute atomic E-state index is 14.6. The van der Waals surface area contributed by atoms with Crippen LogP contribution in [0.5, 0.6) is 0 Å². The summed E-state index contributed by atoms with van der Waals surface area (Å²) in [5.41, 5.74) is 1.85. The van der Waals surface area contributed by atoms with Gasteiger partial charge in [-0.3, -0.25) is 0 Å². The highest BCUT2D eigenvalue weighted by atomic mass is 19.1. The van der Waals surface area contributed by atoms with E-state index in [0.29, 0.717) is 6.04 Å². The van der Waals surface area contributed by atoms with E-state index >= 15 is 0 Å². The average Bonchev–Trinajstić information content (AvgIpc) is 3.08. The molecule has 0 spiro atoms. The highest BCUT2D eigenvalue weighted by Gasteiger charge is 2.29. The SMILES string of the molecule is CN(C1CCCC1)C1CCN(c2ccc(C(C)(C)C)cc2F)CC1. The molecule has 1 saturated heterocycles. The van der Waals surface area contributed by atoms with Crippen LogP contribution in [0.25, 0.3) is 0 Å². The lowest BCUT2D eigenvalue weighted by Gasteiger charge is -2.40. The van der Waals surface area contributed by atoms with E-state index in [1.54, 1.807) is 6.07 Å². The zero-order valence-electron chi connectivity index (χ0n) is 15.8. The smallest absolute Gasteiger partial charge is 0.146 e. The van der Waals surface area contributed by atoms with Gasteiger partial charge < -0.3 is 9.80 Å². The maximum Gasteiger partial charge on any atom is 0.146 e. The molecule has 3 heteroatoms. The van der Waals surface area contributed by atoms with Crippen LogP contribution < -0.4 is 4.90 Å². The molecule has 1 aromatic carbocycles. The molecule has 1 saturated carbocycles. The van der Waals surface area contributed by atoms with Gasteiger partial charge in [0, 0.05) is 25.2 Å². The van der Waals surface area contributed by atoms with Crippen LogP contribution in [0.4, 0.5) is 10.1 Å². The van der Waals surface area contributed by atoms with Gasteiger partial charge in [0.25, 0.3) is 0 Å². The van der Waals surface area contributed by atoms with E-state index in [9.17, 15) is 4.39 Å². The van der Waals surface area contributed by atoms with E-state index in [4.69, 9.17) is 0 Å². The van der Waals surface area contributed by atoms with Crippen LogP contribution >= 0.6 is 0 Å². The third-order valence-corrected chi connectivity index (χ3v) is 6.10. The molecule has 0 N–H and O–H groups in total. The fraction of sp³-hybridized carbons (Fsp3) is 0.714. The molecule has 2 fully saturated rings. The van der Waals surface area contributed by atoms with Crippen LogP contribution in [0.3, 0.4) is 0 Å². The molecule has 2 nitrogen and oxygen atoms in total. The standard InChI is InChI=1S/C21H33FN2/c1-21(2,3)16-9-10-20(19(22)15-16)24-13-11-18(12-14-24)23(4)17-7-5-6-8-17/h9-10,15,17-18H,5-8,11-14H2,1-4H3.